The van der Waals surface area contributed by atoms with Gasteiger partial charge >= 0.3 is 0 Å². The van der Waals surface area contributed by atoms with E-state index in [1.54, 1.807) is 0 Å². The Labute approximate surface area is 69.5 Å². The van der Waals surface area contributed by atoms with Gasteiger partial charge in [0.2, 0.25) is 0 Å². The summed E-state index contributed by atoms with van der Waals surface area (Å²) in [6.45, 7) is 6.96. The highest BCUT2D eigenvalue weighted by atomic mass is 28.3. The fourth-order valence-corrected chi connectivity index (χ4v) is 2.91. The van der Waals surface area contributed by atoms with Crippen molar-refractivity contribution in [2.75, 3.05) is 0 Å². The maximum absolute atomic E-state index is 11.1. The van der Waals surface area contributed by atoms with Crippen molar-refractivity contribution in [1.82, 2.24) is 0 Å². The number of carbonyl (C=O) groups excluding carboxylic acids is 1. The molecule has 11 heavy (non-hydrogen) atoms. The van der Waals surface area contributed by atoms with Gasteiger partial charge in [-0.1, -0.05) is 31.8 Å². The third kappa shape index (κ3) is 2.29. The van der Waals surface area contributed by atoms with E-state index in [4.69, 9.17) is 0 Å². The van der Waals surface area contributed by atoms with Crippen LogP contribution in [0.1, 0.15) is 12.8 Å². The molecule has 0 spiro atoms. The van der Waals surface area contributed by atoms with Gasteiger partial charge in [-0.25, -0.2) is 0 Å². The van der Waals surface area contributed by atoms with Crippen molar-refractivity contribution in [3.05, 3.63) is 12.2 Å². The Morgan fingerprint density at radius 2 is 2.09 bits per heavy atom. The molecule has 0 aromatic carbocycles. The number of ketones is 1. The summed E-state index contributed by atoms with van der Waals surface area (Å²) in [6, 6.07) is 0. The molecule has 1 nitrogen and oxygen atoms in total. The number of rotatable bonds is 1. The van der Waals surface area contributed by atoms with Gasteiger partial charge < -0.3 is 0 Å². The molecule has 0 heterocycles. The topological polar surface area (TPSA) is 17.1 Å². The van der Waals surface area contributed by atoms with E-state index < -0.39 is 8.07 Å². The number of Topliss-reactive ketones (excluding diaryl/α,β-unsaturated/α-hetero) is 1. The molecular weight excluding hydrogens is 152 g/mol. The van der Waals surface area contributed by atoms with Gasteiger partial charge in [0.25, 0.3) is 0 Å². The lowest BCUT2D eigenvalue weighted by Crippen LogP contribution is -2.29. The first-order chi connectivity index (χ1) is 5.00. The Bertz CT molecular complexity index is 188. The quantitative estimate of drug-likeness (QED) is 0.434. The minimum atomic E-state index is -1.11. The number of hydrogen-bond acceptors (Lipinski definition) is 1. The SMILES string of the molecule is C[Si](C)(C)C1C=CCC(=O)C1. The summed E-state index contributed by atoms with van der Waals surface area (Å²) in [4.78, 5) is 11.1. The van der Waals surface area contributed by atoms with Gasteiger partial charge in [0, 0.05) is 12.8 Å². The number of hydrogen-bond donors (Lipinski definition) is 0. The van der Waals surface area contributed by atoms with Crippen LogP contribution in [0.2, 0.25) is 25.2 Å². The van der Waals surface area contributed by atoms with Crippen molar-refractivity contribution >= 4 is 13.9 Å². The number of carbonyl (C=O) groups is 1. The molecular formula is C9H16OSi. The van der Waals surface area contributed by atoms with Crippen LogP contribution in [0.4, 0.5) is 0 Å². The largest absolute Gasteiger partial charge is 0.299 e. The first-order valence-electron chi connectivity index (χ1n) is 4.18. The summed E-state index contributed by atoms with van der Waals surface area (Å²) in [7, 11) is -1.11. The zero-order valence-corrected chi connectivity index (χ0v) is 8.55. The van der Waals surface area contributed by atoms with E-state index in [-0.39, 0.29) is 0 Å². The van der Waals surface area contributed by atoms with E-state index in [0.717, 1.165) is 6.42 Å². The van der Waals surface area contributed by atoms with Gasteiger partial charge in [0.05, 0.1) is 8.07 Å². The molecule has 0 aromatic rings. The lowest BCUT2D eigenvalue weighted by Gasteiger charge is -2.27. The highest BCUT2D eigenvalue weighted by Crippen LogP contribution is 2.30. The molecule has 1 rings (SSSR count). The fourth-order valence-electron chi connectivity index (χ4n) is 1.36. The minimum Gasteiger partial charge on any atom is -0.299 e. The monoisotopic (exact) mass is 168 g/mol. The van der Waals surface area contributed by atoms with Gasteiger partial charge in [-0.3, -0.25) is 4.79 Å². The molecule has 0 radical (unpaired) electrons. The highest BCUT2D eigenvalue weighted by Gasteiger charge is 2.27. The van der Waals surface area contributed by atoms with Crippen LogP contribution in [0.5, 0.6) is 0 Å². The van der Waals surface area contributed by atoms with Crippen molar-refractivity contribution in [2.24, 2.45) is 0 Å². The fraction of sp³-hybridized carbons (Fsp3) is 0.667. The van der Waals surface area contributed by atoms with Crippen LogP contribution in [0.3, 0.4) is 0 Å². The van der Waals surface area contributed by atoms with Crippen LogP contribution < -0.4 is 0 Å². The first kappa shape index (κ1) is 8.72. The molecule has 1 aliphatic carbocycles. The minimum absolute atomic E-state index is 0.417. The van der Waals surface area contributed by atoms with E-state index in [1.165, 1.54) is 0 Å². The van der Waals surface area contributed by atoms with Crippen LogP contribution >= 0.6 is 0 Å². The van der Waals surface area contributed by atoms with E-state index in [2.05, 4.69) is 25.7 Å². The van der Waals surface area contributed by atoms with Gasteiger partial charge in [0.1, 0.15) is 5.78 Å². The lowest BCUT2D eigenvalue weighted by atomic mass is 10.1. The molecule has 1 aliphatic rings. The van der Waals surface area contributed by atoms with Gasteiger partial charge in [-0.05, 0) is 5.54 Å². The van der Waals surface area contributed by atoms with Crippen molar-refractivity contribution in [1.29, 1.82) is 0 Å². The summed E-state index contributed by atoms with van der Waals surface area (Å²) < 4.78 is 0. The summed E-state index contributed by atoms with van der Waals surface area (Å²) in [5.41, 5.74) is 0.587. The molecule has 0 aliphatic heterocycles. The van der Waals surface area contributed by atoms with E-state index in [0.29, 0.717) is 17.7 Å². The molecule has 0 aromatic heterocycles. The highest BCUT2D eigenvalue weighted by molar-refractivity contribution is 6.78. The smallest absolute Gasteiger partial charge is 0.136 e. The summed E-state index contributed by atoms with van der Waals surface area (Å²) in [5.74, 6) is 0.417. The Kier molecular flexibility index (Phi) is 2.33. The normalized spacial score (nSPS) is 25.7. The Balaban J connectivity index is 2.68. The van der Waals surface area contributed by atoms with Gasteiger partial charge in [0.15, 0.2) is 0 Å². The molecule has 1 unspecified atom stereocenters. The second-order valence-corrected chi connectivity index (χ2v) is 9.82. The predicted octanol–water partition coefficient (Wildman–Crippen LogP) is 2.61. The second kappa shape index (κ2) is 2.93. The van der Waals surface area contributed by atoms with Crippen molar-refractivity contribution in [2.45, 2.75) is 38.0 Å². The molecule has 0 saturated heterocycles. The number of allylic oxidation sites excluding steroid dienone is 2. The van der Waals surface area contributed by atoms with Crippen LogP contribution in [-0.4, -0.2) is 13.9 Å². The van der Waals surface area contributed by atoms with Crippen LogP contribution in [-0.2, 0) is 4.79 Å². The summed E-state index contributed by atoms with van der Waals surface area (Å²) in [5, 5.41) is 0. The Hall–Kier alpha value is -0.373. The average Bonchev–Trinajstić information content (AvgIpc) is 1.86. The van der Waals surface area contributed by atoms with E-state index in [9.17, 15) is 4.79 Å². The molecule has 2 heteroatoms. The van der Waals surface area contributed by atoms with E-state index in [1.807, 2.05) is 6.08 Å². The molecule has 0 saturated carbocycles. The predicted molar refractivity (Wildman–Crippen MR) is 50.5 cm³/mol. The molecule has 1 atom stereocenters. The van der Waals surface area contributed by atoms with Crippen molar-refractivity contribution < 1.29 is 4.79 Å². The molecule has 62 valence electrons. The Morgan fingerprint density at radius 1 is 1.45 bits per heavy atom. The molecule has 0 amide bonds. The van der Waals surface area contributed by atoms with Crippen molar-refractivity contribution in [3.63, 3.8) is 0 Å². The molecule has 0 N–H and O–H groups in total. The standard InChI is InChI=1S/C9H16OSi/c1-11(2,3)9-6-4-5-8(10)7-9/h4,6,9H,5,7H2,1-3H3. The Morgan fingerprint density at radius 3 is 2.45 bits per heavy atom. The zero-order valence-electron chi connectivity index (χ0n) is 7.55. The van der Waals surface area contributed by atoms with Crippen LogP contribution in [0, 0.1) is 0 Å². The van der Waals surface area contributed by atoms with Crippen LogP contribution in [0.25, 0.3) is 0 Å². The second-order valence-electron chi connectivity index (χ2n) is 4.35. The summed E-state index contributed by atoms with van der Waals surface area (Å²) in [6.07, 6.45) is 5.75. The van der Waals surface area contributed by atoms with Gasteiger partial charge in [-0.2, -0.15) is 0 Å². The van der Waals surface area contributed by atoms with E-state index >= 15 is 0 Å². The molecule has 0 fully saturated rings. The zero-order chi connectivity index (χ0) is 8.48. The van der Waals surface area contributed by atoms with Crippen LogP contribution in [0.15, 0.2) is 12.2 Å². The lowest BCUT2D eigenvalue weighted by molar-refractivity contribution is -0.118. The third-order valence-electron chi connectivity index (χ3n) is 2.27. The average molecular weight is 168 g/mol. The van der Waals surface area contributed by atoms with Crippen molar-refractivity contribution in [3.8, 4) is 0 Å². The first-order valence-corrected chi connectivity index (χ1v) is 7.76. The maximum Gasteiger partial charge on any atom is 0.136 e. The summed E-state index contributed by atoms with van der Waals surface area (Å²) >= 11 is 0. The van der Waals surface area contributed by atoms with Gasteiger partial charge in [-0.15, -0.1) is 0 Å². The molecule has 0 bridgehead atoms. The maximum atomic E-state index is 11.1. The third-order valence-corrected chi connectivity index (χ3v) is 4.90.